The molecule has 0 bridgehead atoms. The summed E-state index contributed by atoms with van der Waals surface area (Å²) in [5.74, 6) is -0.220. The molecule has 0 unspecified atom stereocenters. The highest BCUT2D eigenvalue weighted by Gasteiger charge is 2.13. The number of aromatic nitrogens is 1. The molecule has 0 N–H and O–H groups in total. The number of fused-ring (bicyclic) bond motifs is 1. The molecule has 0 aliphatic carbocycles. The minimum atomic E-state index is -0.387. The number of benzene rings is 2. The number of esters is 1. The number of para-hydroxylation sites is 1. The normalized spacial score (nSPS) is 11.6. The number of hydrogen-bond acceptors (Lipinski definition) is 5. The van der Waals surface area contributed by atoms with Gasteiger partial charge >= 0.3 is 5.97 Å². The second-order valence-electron chi connectivity index (χ2n) is 5.95. The smallest absolute Gasteiger partial charge is 0.307 e. The lowest BCUT2D eigenvalue weighted by molar-refractivity contribution is -0.140. The third-order valence-corrected chi connectivity index (χ3v) is 5.18. The summed E-state index contributed by atoms with van der Waals surface area (Å²) in [6, 6.07) is 13.0. The van der Waals surface area contributed by atoms with Crippen LogP contribution in [0.4, 0.5) is 0 Å². The molecule has 1 heterocycles. The summed E-state index contributed by atoms with van der Waals surface area (Å²) in [5, 5.41) is 0. The van der Waals surface area contributed by atoms with Gasteiger partial charge in [-0.1, -0.05) is 29.5 Å². The summed E-state index contributed by atoms with van der Waals surface area (Å²) in [4.78, 5) is 29.2. The highest BCUT2D eigenvalue weighted by molar-refractivity contribution is 7.16. The van der Waals surface area contributed by atoms with Crippen molar-refractivity contribution in [3.05, 3.63) is 58.4 Å². The third kappa shape index (κ3) is 4.09. The van der Waals surface area contributed by atoms with Gasteiger partial charge in [0.05, 0.1) is 36.4 Å². The molecule has 0 saturated carbocycles. The molecule has 1 amide bonds. The van der Waals surface area contributed by atoms with E-state index >= 15 is 0 Å². The number of aryl methyl sites for hydroxylation is 2. The Morgan fingerprint density at radius 2 is 1.93 bits per heavy atom. The second kappa shape index (κ2) is 8.18. The molecule has 3 aromatic rings. The van der Waals surface area contributed by atoms with Gasteiger partial charge in [0.1, 0.15) is 5.75 Å². The number of carbonyl (C=O) groups is 2. The summed E-state index contributed by atoms with van der Waals surface area (Å²) in [7, 11) is 2.88. The van der Waals surface area contributed by atoms with Crippen LogP contribution in [-0.2, 0) is 16.1 Å². The summed E-state index contributed by atoms with van der Waals surface area (Å²) in [6.07, 6.45) is 0.201. The van der Waals surface area contributed by atoms with Crippen molar-refractivity contribution in [3.63, 3.8) is 0 Å². The third-order valence-electron chi connectivity index (χ3n) is 4.14. The number of nitrogens with zero attached hydrogens (tertiary/aromatic N) is 2. The van der Waals surface area contributed by atoms with Gasteiger partial charge in [-0.3, -0.25) is 9.59 Å². The van der Waals surface area contributed by atoms with Crippen LogP contribution in [0.5, 0.6) is 5.75 Å². The van der Waals surface area contributed by atoms with Crippen LogP contribution in [0, 0.1) is 6.92 Å². The van der Waals surface area contributed by atoms with Crippen molar-refractivity contribution in [2.45, 2.75) is 19.9 Å². The van der Waals surface area contributed by atoms with E-state index in [1.54, 1.807) is 24.3 Å². The fourth-order valence-corrected chi connectivity index (χ4v) is 3.91. The van der Waals surface area contributed by atoms with Crippen molar-refractivity contribution in [2.24, 2.45) is 4.99 Å². The van der Waals surface area contributed by atoms with E-state index in [2.05, 4.69) is 4.99 Å². The van der Waals surface area contributed by atoms with E-state index in [-0.39, 0.29) is 18.3 Å². The summed E-state index contributed by atoms with van der Waals surface area (Å²) in [5.41, 5.74) is 2.45. The van der Waals surface area contributed by atoms with Crippen molar-refractivity contribution in [1.29, 1.82) is 0 Å². The SMILES string of the molecule is COC(=O)CCn1c(=NC(=O)c2ccccc2OC)sc2cc(C)ccc21. The maximum atomic E-state index is 12.7. The number of carbonyl (C=O) groups excluding carboxylic acids is 2. The van der Waals surface area contributed by atoms with E-state index < -0.39 is 0 Å². The van der Waals surface area contributed by atoms with Gasteiger partial charge in [0.15, 0.2) is 4.80 Å². The molecule has 2 aromatic carbocycles. The van der Waals surface area contributed by atoms with Crippen molar-refractivity contribution < 1.29 is 19.1 Å². The summed E-state index contributed by atoms with van der Waals surface area (Å²) in [6.45, 7) is 2.39. The number of ether oxygens (including phenoxy) is 2. The molecule has 0 radical (unpaired) electrons. The summed E-state index contributed by atoms with van der Waals surface area (Å²) < 4.78 is 12.9. The molecule has 1 aromatic heterocycles. The van der Waals surface area contributed by atoms with E-state index in [9.17, 15) is 9.59 Å². The fraction of sp³-hybridized carbons (Fsp3) is 0.250. The molecule has 0 fully saturated rings. The molecule has 6 nitrogen and oxygen atoms in total. The monoisotopic (exact) mass is 384 g/mol. The van der Waals surface area contributed by atoms with Gasteiger partial charge in [-0.2, -0.15) is 4.99 Å². The fourth-order valence-electron chi connectivity index (χ4n) is 2.76. The first-order valence-electron chi connectivity index (χ1n) is 8.42. The Kier molecular flexibility index (Phi) is 5.71. The lowest BCUT2D eigenvalue weighted by Crippen LogP contribution is -2.19. The van der Waals surface area contributed by atoms with Crippen LogP contribution in [0.25, 0.3) is 10.2 Å². The van der Waals surface area contributed by atoms with Crippen LogP contribution in [0.2, 0.25) is 0 Å². The van der Waals surface area contributed by atoms with Gasteiger partial charge in [-0.05, 0) is 36.8 Å². The zero-order chi connectivity index (χ0) is 19.4. The molecule has 0 aliphatic heterocycles. The highest BCUT2D eigenvalue weighted by Crippen LogP contribution is 2.21. The minimum Gasteiger partial charge on any atom is -0.496 e. The number of rotatable bonds is 5. The number of thiazole rings is 1. The molecular formula is C20H20N2O4S. The standard InChI is InChI=1S/C20H20N2O4S/c1-13-8-9-15-17(12-13)27-20(22(15)11-10-18(23)26-3)21-19(24)14-6-4-5-7-16(14)25-2/h4-9,12H,10-11H2,1-3H3. The Morgan fingerprint density at radius 1 is 1.15 bits per heavy atom. The Bertz CT molecular complexity index is 1070. The van der Waals surface area contributed by atoms with E-state index in [0.717, 1.165) is 15.8 Å². The first kappa shape index (κ1) is 18.8. The first-order chi connectivity index (χ1) is 13.0. The molecule has 3 rings (SSSR count). The number of hydrogen-bond donors (Lipinski definition) is 0. The molecule has 0 spiro atoms. The van der Waals surface area contributed by atoms with Crippen LogP contribution in [0.3, 0.4) is 0 Å². The predicted octanol–water partition coefficient (Wildman–Crippen LogP) is 3.32. The zero-order valence-electron chi connectivity index (χ0n) is 15.4. The predicted molar refractivity (Wildman–Crippen MR) is 104 cm³/mol. The lowest BCUT2D eigenvalue weighted by Gasteiger charge is -2.06. The van der Waals surface area contributed by atoms with Crippen LogP contribution < -0.4 is 9.54 Å². The Labute approximate surface area is 160 Å². The van der Waals surface area contributed by atoms with Crippen molar-refractivity contribution in [3.8, 4) is 5.75 Å². The average Bonchev–Trinajstić information content (AvgIpc) is 3.01. The van der Waals surface area contributed by atoms with Crippen LogP contribution in [-0.4, -0.2) is 30.7 Å². The second-order valence-corrected chi connectivity index (χ2v) is 6.96. The maximum absolute atomic E-state index is 12.7. The maximum Gasteiger partial charge on any atom is 0.307 e. The van der Waals surface area contributed by atoms with Crippen molar-refractivity contribution >= 4 is 33.4 Å². The molecule has 0 aliphatic rings. The number of amides is 1. The molecule has 27 heavy (non-hydrogen) atoms. The van der Waals surface area contributed by atoms with Gasteiger partial charge in [0, 0.05) is 6.54 Å². The Hall–Kier alpha value is -2.93. The highest BCUT2D eigenvalue weighted by atomic mass is 32.1. The number of methoxy groups -OCH3 is 2. The molecule has 140 valence electrons. The Morgan fingerprint density at radius 3 is 2.67 bits per heavy atom. The van der Waals surface area contributed by atoms with Crippen LogP contribution in [0.15, 0.2) is 47.5 Å². The van der Waals surface area contributed by atoms with E-state index in [1.807, 2.05) is 29.7 Å². The molecule has 7 heteroatoms. The van der Waals surface area contributed by atoms with E-state index in [4.69, 9.17) is 9.47 Å². The topological polar surface area (TPSA) is 69.9 Å². The van der Waals surface area contributed by atoms with Crippen molar-refractivity contribution in [1.82, 2.24) is 4.57 Å². The molecular weight excluding hydrogens is 364 g/mol. The van der Waals surface area contributed by atoms with Crippen LogP contribution in [0.1, 0.15) is 22.3 Å². The van der Waals surface area contributed by atoms with E-state index in [0.29, 0.717) is 22.7 Å². The zero-order valence-corrected chi connectivity index (χ0v) is 16.2. The molecule has 0 atom stereocenters. The minimum absolute atomic E-state index is 0.201. The Balaban J connectivity index is 2.10. The van der Waals surface area contributed by atoms with Gasteiger partial charge < -0.3 is 14.0 Å². The molecule has 0 saturated heterocycles. The van der Waals surface area contributed by atoms with Crippen molar-refractivity contribution in [2.75, 3.05) is 14.2 Å². The summed E-state index contributed by atoms with van der Waals surface area (Å²) >= 11 is 1.42. The van der Waals surface area contributed by atoms with Gasteiger partial charge in [-0.25, -0.2) is 0 Å². The van der Waals surface area contributed by atoms with Gasteiger partial charge in [0.2, 0.25) is 0 Å². The van der Waals surface area contributed by atoms with E-state index in [1.165, 1.54) is 25.6 Å². The van der Waals surface area contributed by atoms with Crippen LogP contribution >= 0.6 is 11.3 Å². The first-order valence-corrected chi connectivity index (χ1v) is 9.24. The van der Waals surface area contributed by atoms with Gasteiger partial charge in [0.25, 0.3) is 5.91 Å². The average molecular weight is 384 g/mol. The largest absolute Gasteiger partial charge is 0.496 e. The van der Waals surface area contributed by atoms with Gasteiger partial charge in [-0.15, -0.1) is 0 Å². The quantitative estimate of drug-likeness (QED) is 0.633. The lowest BCUT2D eigenvalue weighted by atomic mass is 10.2.